The first kappa shape index (κ1) is 21.4. The largest absolute Gasteiger partial charge is 0.304 e. The Labute approximate surface area is 127 Å². The molecule has 0 atom stereocenters. The Kier molecular flexibility index (Phi) is 19.3. The van der Waals surface area contributed by atoms with Gasteiger partial charge < -0.3 is 9.80 Å². The molecule has 0 spiro atoms. The molecule has 3 nitrogen and oxygen atoms in total. The van der Waals surface area contributed by atoms with Crippen LogP contribution in [0.1, 0.15) is 41.5 Å². The molecule has 1 rings (SSSR count). The second-order valence-corrected chi connectivity index (χ2v) is 4.26. The van der Waals surface area contributed by atoms with Gasteiger partial charge in [-0.2, -0.15) is 0 Å². The van der Waals surface area contributed by atoms with Crippen LogP contribution in [0.4, 0.5) is 0 Å². The van der Waals surface area contributed by atoms with Crippen molar-refractivity contribution >= 4 is 0 Å². The predicted octanol–water partition coefficient (Wildman–Crippen LogP) is 3.78. The van der Waals surface area contributed by atoms with Crippen LogP contribution >= 0.6 is 0 Å². The molecule has 118 valence electrons. The van der Waals surface area contributed by atoms with Gasteiger partial charge in [-0.15, -0.1) is 0 Å². The summed E-state index contributed by atoms with van der Waals surface area (Å²) in [6, 6.07) is 5.72. The summed E-state index contributed by atoms with van der Waals surface area (Å²) in [5.41, 5.74) is 0. The van der Waals surface area contributed by atoms with Crippen LogP contribution < -0.4 is 0 Å². The van der Waals surface area contributed by atoms with Crippen LogP contribution in [0, 0.1) is 0 Å². The van der Waals surface area contributed by atoms with E-state index in [0.29, 0.717) is 0 Å². The van der Waals surface area contributed by atoms with Crippen LogP contribution in [-0.2, 0) is 0 Å². The molecular formula is C17H35N3. The highest BCUT2D eigenvalue weighted by molar-refractivity contribution is 4.88. The van der Waals surface area contributed by atoms with E-state index in [1.807, 2.05) is 18.2 Å². The van der Waals surface area contributed by atoms with E-state index in [9.17, 15) is 0 Å². The monoisotopic (exact) mass is 281 g/mol. The number of hydrogen-bond donors (Lipinski definition) is 0. The lowest BCUT2D eigenvalue weighted by Crippen LogP contribution is -2.21. The van der Waals surface area contributed by atoms with Crippen molar-refractivity contribution in [2.75, 3.05) is 39.3 Å². The van der Waals surface area contributed by atoms with Gasteiger partial charge in [-0.1, -0.05) is 47.6 Å². The second-order valence-electron chi connectivity index (χ2n) is 4.26. The zero-order valence-corrected chi connectivity index (χ0v) is 14.5. The van der Waals surface area contributed by atoms with Crippen LogP contribution in [0.3, 0.4) is 0 Å². The lowest BCUT2D eigenvalue weighted by atomic mass is 10.5. The quantitative estimate of drug-likeness (QED) is 0.791. The molecule has 1 aromatic heterocycles. The number of pyridine rings is 1. The maximum Gasteiger partial charge on any atom is 0.0267 e. The van der Waals surface area contributed by atoms with E-state index >= 15 is 0 Å². The highest BCUT2D eigenvalue weighted by atomic mass is 15.1. The third kappa shape index (κ3) is 15.1. The minimum absolute atomic E-state index is 1.19. The van der Waals surface area contributed by atoms with E-state index in [1.165, 1.54) is 39.3 Å². The van der Waals surface area contributed by atoms with Gasteiger partial charge in [-0.05, 0) is 51.4 Å². The number of hydrogen-bond acceptors (Lipinski definition) is 3. The van der Waals surface area contributed by atoms with Gasteiger partial charge in [0.05, 0.1) is 0 Å². The van der Waals surface area contributed by atoms with Gasteiger partial charge in [-0.3, -0.25) is 4.98 Å². The van der Waals surface area contributed by atoms with E-state index in [0.717, 1.165) is 0 Å². The van der Waals surface area contributed by atoms with E-state index in [-0.39, 0.29) is 0 Å². The normalized spacial score (nSPS) is 9.60. The van der Waals surface area contributed by atoms with Gasteiger partial charge in [-0.25, -0.2) is 0 Å². The van der Waals surface area contributed by atoms with Crippen LogP contribution in [0.2, 0.25) is 0 Å². The molecule has 0 aliphatic carbocycles. The summed E-state index contributed by atoms with van der Waals surface area (Å²) in [6.07, 6.45) is 3.50. The maximum atomic E-state index is 3.78. The highest BCUT2D eigenvalue weighted by Crippen LogP contribution is 1.82. The standard InChI is InChI=1S/2C6H15N.C5H5N/c2*1-4-7(5-2)6-3;1-2-4-6-5-3-1/h2*4-6H2,1-3H3;1-5H. The molecule has 0 amide bonds. The Hall–Kier alpha value is -0.930. The first-order valence-electron chi connectivity index (χ1n) is 7.99. The molecule has 3 heteroatoms. The number of rotatable bonds is 6. The van der Waals surface area contributed by atoms with Crippen molar-refractivity contribution < 1.29 is 0 Å². The zero-order valence-electron chi connectivity index (χ0n) is 14.5. The lowest BCUT2D eigenvalue weighted by molar-refractivity contribution is 0.321. The predicted molar refractivity (Wildman–Crippen MR) is 91.2 cm³/mol. The second kappa shape index (κ2) is 18.1. The summed E-state index contributed by atoms with van der Waals surface area (Å²) < 4.78 is 0. The van der Waals surface area contributed by atoms with E-state index in [4.69, 9.17) is 0 Å². The molecule has 1 aromatic rings. The lowest BCUT2D eigenvalue weighted by Gasteiger charge is -2.13. The van der Waals surface area contributed by atoms with E-state index < -0.39 is 0 Å². The van der Waals surface area contributed by atoms with Crippen molar-refractivity contribution in [2.24, 2.45) is 0 Å². The molecule has 0 saturated carbocycles. The summed E-state index contributed by atoms with van der Waals surface area (Å²) >= 11 is 0. The first-order valence-corrected chi connectivity index (χ1v) is 7.99. The van der Waals surface area contributed by atoms with Crippen molar-refractivity contribution in [3.8, 4) is 0 Å². The maximum absolute atomic E-state index is 3.78. The Balaban J connectivity index is 0. The fraction of sp³-hybridized carbons (Fsp3) is 0.706. The molecule has 1 heterocycles. The molecular weight excluding hydrogens is 246 g/mol. The Bertz CT molecular complexity index is 194. The molecule has 0 aliphatic rings. The fourth-order valence-corrected chi connectivity index (χ4v) is 1.65. The molecule has 20 heavy (non-hydrogen) atoms. The van der Waals surface area contributed by atoms with Gasteiger partial charge in [0, 0.05) is 12.4 Å². The van der Waals surface area contributed by atoms with E-state index in [2.05, 4.69) is 56.3 Å². The number of aromatic nitrogens is 1. The topological polar surface area (TPSA) is 19.4 Å². The van der Waals surface area contributed by atoms with Crippen LogP contribution in [0.25, 0.3) is 0 Å². The molecule has 0 bridgehead atoms. The van der Waals surface area contributed by atoms with Crippen LogP contribution in [0.5, 0.6) is 0 Å². The highest BCUT2D eigenvalue weighted by Gasteiger charge is 1.89. The Morgan fingerprint density at radius 1 is 0.550 bits per heavy atom. The smallest absolute Gasteiger partial charge is 0.0267 e. The van der Waals surface area contributed by atoms with Gasteiger partial charge in [0.25, 0.3) is 0 Å². The number of nitrogens with zero attached hydrogens (tertiary/aromatic N) is 3. The summed E-state index contributed by atoms with van der Waals surface area (Å²) in [5.74, 6) is 0. The summed E-state index contributed by atoms with van der Waals surface area (Å²) in [6.45, 7) is 20.2. The van der Waals surface area contributed by atoms with Crippen LogP contribution in [-0.4, -0.2) is 54.1 Å². The Morgan fingerprint density at radius 3 is 0.900 bits per heavy atom. The first-order chi connectivity index (χ1) is 9.69. The van der Waals surface area contributed by atoms with Gasteiger partial charge in [0.15, 0.2) is 0 Å². The third-order valence-electron chi connectivity index (χ3n) is 3.25. The van der Waals surface area contributed by atoms with Gasteiger partial charge in [0.2, 0.25) is 0 Å². The summed E-state index contributed by atoms with van der Waals surface area (Å²) in [5, 5.41) is 0. The molecule has 0 radical (unpaired) electrons. The average Bonchev–Trinajstić information content (AvgIpc) is 2.54. The minimum Gasteiger partial charge on any atom is -0.304 e. The summed E-state index contributed by atoms with van der Waals surface area (Å²) in [4.78, 5) is 8.53. The molecule has 0 aromatic carbocycles. The SMILES string of the molecule is CCN(CC)CC.CCN(CC)CC.c1ccncc1. The zero-order chi connectivity index (χ0) is 15.6. The molecule has 0 N–H and O–H groups in total. The van der Waals surface area contributed by atoms with Crippen molar-refractivity contribution in [2.45, 2.75) is 41.5 Å². The van der Waals surface area contributed by atoms with E-state index in [1.54, 1.807) is 12.4 Å². The van der Waals surface area contributed by atoms with Crippen LogP contribution in [0.15, 0.2) is 30.6 Å². The average molecular weight is 281 g/mol. The van der Waals surface area contributed by atoms with Gasteiger partial charge in [0.1, 0.15) is 0 Å². The van der Waals surface area contributed by atoms with Crippen molar-refractivity contribution in [3.63, 3.8) is 0 Å². The van der Waals surface area contributed by atoms with Crippen molar-refractivity contribution in [3.05, 3.63) is 30.6 Å². The fourth-order valence-electron chi connectivity index (χ4n) is 1.65. The Morgan fingerprint density at radius 2 is 0.850 bits per heavy atom. The molecule has 0 unspecified atom stereocenters. The van der Waals surface area contributed by atoms with Crippen molar-refractivity contribution in [1.29, 1.82) is 0 Å². The third-order valence-corrected chi connectivity index (χ3v) is 3.25. The minimum atomic E-state index is 1.19. The molecule has 0 fully saturated rings. The van der Waals surface area contributed by atoms with Crippen molar-refractivity contribution in [1.82, 2.24) is 14.8 Å². The molecule has 0 saturated heterocycles. The summed E-state index contributed by atoms with van der Waals surface area (Å²) in [7, 11) is 0. The van der Waals surface area contributed by atoms with Gasteiger partial charge >= 0.3 is 0 Å². The molecule has 0 aliphatic heterocycles.